The normalized spacial score (nSPS) is 11.9. The van der Waals surface area contributed by atoms with Gasteiger partial charge in [0.05, 0.1) is 0 Å². The number of alkyl halides is 3. The molecule has 4 nitrogen and oxygen atoms in total. The molecule has 0 N–H and O–H groups in total. The molecule has 0 aliphatic carbocycles. The summed E-state index contributed by atoms with van der Waals surface area (Å²) in [4.78, 5) is 0. The molecule has 0 saturated carbocycles. The summed E-state index contributed by atoms with van der Waals surface area (Å²) < 4.78 is 61.4. The Labute approximate surface area is 237 Å². The Morgan fingerprint density at radius 1 is 0.615 bits per heavy atom. The predicted molar refractivity (Wildman–Crippen MR) is 154 cm³/mol. The van der Waals surface area contributed by atoms with Crippen LogP contribution in [0.5, 0.6) is 0 Å². The fourth-order valence-electron chi connectivity index (χ4n) is 4.77. The van der Waals surface area contributed by atoms with Crippen molar-refractivity contribution in [1.29, 1.82) is 0 Å². The molecule has 230 valence electrons. The van der Waals surface area contributed by atoms with Crippen molar-refractivity contribution in [1.82, 2.24) is 0 Å². The molecule has 0 aliphatic heterocycles. The molecule has 1 aromatic rings. The SMILES string of the molecule is CCCCCCCCCCCCc1cccc(CCCCCCCCCCCC)[n+]1C.O=S(=O)([O-])C(F)(F)F. The molecule has 0 atom stereocenters. The summed E-state index contributed by atoms with van der Waals surface area (Å²) in [5.74, 6) is 0. The minimum atomic E-state index is -6.09. The van der Waals surface area contributed by atoms with Crippen LogP contribution >= 0.6 is 0 Å². The monoisotopic (exact) mass is 579 g/mol. The van der Waals surface area contributed by atoms with Crippen LogP contribution in [-0.2, 0) is 30.0 Å². The van der Waals surface area contributed by atoms with Crippen LogP contribution in [0.25, 0.3) is 0 Å². The lowest BCUT2D eigenvalue weighted by molar-refractivity contribution is -0.686. The molecule has 0 aliphatic rings. The molecular formula is C31H56F3NO3S. The molecule has 0 spiro atoms. The summed E-state index contributed by atoms with van der Waals surface area (Å²) in [6.45, 7) is 4.60. The molecule has 0 aromatic carbocycles. The minimum absolute atomic E-state index is 1.25. The van der Waals surface area contributed by atoms with Crippen molar-refractivity contribution in [2.24, 2.45) is 7.05 Å². The molecule has 1 aromatic heterocycles. The van der Waals surface area contributed by atoms with Crippen LogP contribution in [0.3, 0.4) is 0 Å². The van der Waals surface area contributed by atoms with Crippen molar-refractivity contribution in [2.75, 3.05) is 0 Å². The second kappa shape index (κ2) is 23.5. The Hall–Kier alpha value is -1.15. The van der Waals surface area contributed by atoms with Gasteiger partial charge in [-0.05, 0) is 18.9 Å². The summed E-state index contributed by atoms with van der Waals surface area (Å²) in [6.07, 6.45) is 30.9. The van der Waals surface area contributed by atoms with Gasteiger partial charge in [0.25, 0.3) is 0 Å². The van der Waals surface area contributed by atoms with E-state index in [1.165, 1.54) is 153 Å². The van der Waals surface area contributed by atoms with Crippen molar-refractivity contribution in [3.63, 3.8) is 0 Å². The molecule has 0 fully saturated rings. The number of nitrogens with zero attached hydrogens (tertiary/aromatic N) is 1. The van der Waals surface area contributed by atoms with E-state index in [4.69, 9.17) is 13.0 Å². The lowest BCUT2D eigenvalue weighted by Crippen LogP contribution is -2.38. The van der Waals surface area contributed by atoms with Gasteiger partial charge in [-0.2, -0.15) is 13.2 Å². The molecule has 39 heavy (non-hydrogen) atoms. The zero-order valence-electron chi connectivity index (χ0n) is 25.0. The number of halogens is 3. The first-order valence-corrected chi connectivity index (χ1v) is 16.9. The van der Waals surface area contributed by atoms with E-state index in [1.807, 2.05) is 0 Å². The second-order valence-electron chi connectivity index (χ2n) is 10.8. The van der Waals surface area contributed by atoms with Gasteiger partial charge in [0.1, 0.15) is 7.05 Å². The second-order valence-corrected chi connectivity index (χ2v) is 12.2. The van der Waals surface area contributed by atoms with Crippen LogP contribution in [0.15, 0.2) is 18.2 Å². The van der Waals surface area contributed by atoms with E-state index in [0.29, 0.717) is 0 Å². The maximum atomic E-state index is 10.7. The Kier molecular flexibility index (Phi) is 22.9. The third kappa shape index (κ3) is 21.3. The Morgan fingerprint density at radius 2 is 0.872 bits per heavy atom. The van der Waals surface area contributed by atoms with Crippen molar-refractivity contribution < 1.29 is 30.7 Å². The number of hydrogen-bond acceptors (Lipinski definition) is 3. The van der Waals surface area contributed by atoms with Crippen LogP contribution < -0.4 is 4.57 Å². The Morgan fingerprint density at radius 3 is 1.13 bits per heavy atom. The number of aryl methyl sites for hydroxylation is 2. The molecular weight excluding hydrogens is 523 g/mol. The van der Waals surface area contributed by atoms with Crippen LogP contribution in [0.1, 0.15) is 154 Å². The van der Waals surface area contributed by atoms with Gasteiger partial charge < -0.3 is 4.55 Å². The molecule has 0 radical (unpaired) electrons. The van der Waals surface area contributed by atoms with Gasteiger partial charge in [-0.15, -0.1) is 0 Å². The Bertz CT molecular complexity index is 772. The molecule has 0 unspecified atom stereocenters. The van der Waals surface area contributed by atoms with Crippen LogP contribution in [0.2, 0.25) is 0 Å². The van der Waals surface area contributed by atoms with Crippen molar-refractivity contribution in [3.05, 3.63) is 29.6 Å². The summed E-state index contributed by atoms with van der Waals surface area (Å²) in [5, 5.41) is 0. The standard InChI is InChI=1S/C30H56N.CHF3O3S/c1-4-6-8-10-12-14-16-18-20-22-25-29-27-24-28-30(31(29)3)26-23-21-19-17-15-13-11-9-7-5-2;2-1(3,4)8(5,6)7/h24,27-28H,4-23,25-26H2,1-3H3;(H,5,6,7)/q+1;/p-1. The third-order valence-corrected chi connectivity index (χ3v) is 7.86. The highest BCUT2D eigenvalue weighted by atomic mass is 32.2. The van der Waals surface area contributed by atoms with Gasteiger partial charge in [-0.1, -0.05) is 129 Å². The van der Waals surface area contributed by atoms with E-state index in [2.05, 4.69) is 43.7 Å². The average molecular weight is 580 g/mol. The van der Waals surface area contributed by atoms with E-state index in [-0.39, 0.29) is 0 Å². The van der Waals surface area contributed by atoms with Crippen molar-refractivity contribution >= 4 is 10.1 Å². The number of pyridine rings is 1. The maximum absolute atomic E-state index is 10.7. The lowest BCUT2D eigenvalue weighted by atomic mass is 10.0. The zero-order chi connectivity index (χ0) is 29.4. The summed E-state index contributed by atoms with van der Waals surface area (Å²) >= 11 is 0. The first-order valence-electron chi connectivity index (χ1n) is 15.5. The molecule has 8 heteroatoms. The molecule has 0 bridgehead atoms. The third-order valence-electron chi connectivity index (χ3n) is 7.30. The predicted octanol–water partition coefficient (Wildman–Crippen LogP) is 9.49. The molecule has 0 saturated heterocycles. The van der Waals surface area contributed by atoms with E-state index >= 15 is 0 Å². The quantitative estimate of drug-likeness (QED) is 0.0595. The van der Waals surface area contributed by atoms with Crippen molar-refractivity contribution in [2.45, 2.75) is 161 Å². The highest BCUT2D eigenvalue weighted by molar-refractivity contribution is 7.86. The zero-order valence-corrected chi connectivity index (χ0v) is 25.8. The first-order chi connectivity index (χ1) is 18.5. The number of aromatic nitrogens is 1. The largest absolute Gasteiger partial charge is 0.741 e. The van der Waals surface area contributed by atoms with E-state index in [1.54, 1.807) is 0 Å². The van der Waals surface area contributed by atoms with Crippen LogP contribution in [0, 0.1) is 0 Å². The number of hydrogen-bond donors (Lipinski definition) is 0. The Balaban J connectivity index is 0.00000156. The smallest absolute Gasteiger partial charge is 0.485 e. The van der Waals surface area contributed by atoms with Gasteiger partial charge in [-0.3, -0.25) is 0 Å². The first kappa shape index (κ1) is 37.9. The minimum Gasteiger partial charge on any atom is -0.741 e. The summed E-state index contributed by atoms with van der Waals surface area (Å²) in [6, 6.07) is 6.98. The van der Waals surface area contributed by atoms with E-state index in [0.717, 1.165) is 0 Å². The lowest BCUT2D eigenvalue weighted by Gasteiger charge is -2.08. The van der Waals surface area contributed by atoms with E-state index in [9.17, 15) is 13.2 Å². The van der Waals surface area contributed by atoms with Gasteiger partial charge in [0.2, 0.25) is 0 Å². The molecule has 1 heterocycles. The maximum Gasteiger partial charge on any atom is 0.485 e. The molecule has 1 rings (SSSR count). The van der Waals surface area contributed by atoms with Crippen LogP contribution in [0.4, 0.5) is 13.2 Å². The number of rotatable bonds is 22. The average Bonchev–Trinajstić information content (AvgIpc) is 2.87. The van der Waals surface area contributed by atoms with Gasteiger partial charge >= 0.3 is 5.51 Å². The van der Waals surface area contributed by atoms with E-state index < -0.39 is 15.6 Å². The van der Waals surface area contributed by atoms with Crippen molar-refractivity contribution in [3.8, 4) is 0 Å². The van der Waals surface area contributed by atoms with Gasteiger partial charge in [0, 0.05) is 25.0 Å². The highest BCUT2D eigenvalue weighted by Crippen LogP contribution is 2.20. The topological polar surface area (TPSA) is 61.1 Å². The number of unbranched alkanes of at least 4 members (excludes halogenated alkanes) is 18. The highest BCUT2D eigenvalue weighted by Gasteiger charge is 2.36. The summed E-state index contributed by atoms with van der Waals surface area (Å²) in [7, 11) is -3.80. The summed E-state index contributed by atoms with van der Waals surface area (Å²) in [5.41, 5.74) is -2.58. The fraction of sp³-hybridized carbons (Fsp3) is 0.839. The molecule has 0 amide bonds. The van der Waals surface area contributed by atoms with Gasteiger partial charge in [-0.25, -0.2) is 13.0 Å². The van der Waals surface area contributed by atoms with Crippen LogP contribution in [-0.4, -0.2) is 18.5 Å². The van der Waals surface area contributed by atoms with Gasteiger partial charge in [0.15, 0.2) is 21.5 Å². The fourth-order valence-corrected chi connectivity index (χ4v) is 4.77.